The van der Waals surface area contributed by atoms with Gasteiger partial charge in [0.05, 0.1) is 12.5 Å². The topological polar surface area (TPSA) is 28.4 Å². The number of rotatable bonds is 7. The molecule has 0 aliphatic carbocycles. The van der Waals surface area contributed by atoms with Crippen molar-refractivity contribution in [3.63, 3.8) is 0 Å². The first-order valence-corrected chi connectivity index (χ1v) is 8.96. The SMILES string of the molecule is c1ccc(CNC[C@@H]2C[C@H](c3ccoc3)N2Cc2ccccc2)cc1. The van der Waals surface area contributed by atoms with Crippen molar-refractivity contribution in [3.05, 3.63) is 95.9 Å². The van der Waals surface area contributed by atoms with Gasteiger partial charge in [-0.25, -0.2) is 0 Å². The maximum Gasteiger partial charge on any atom is 0.0950 e. The van der Waals surface area contributed by atoms with E-state index in [0.717, 1.165) is 19.6 Å². The lowest BCUT2D eigenvalue weighted by Crippen LogP contribution is -2.53. The molecule has 3 nitrogen and oxygen atoms in total. The summed E-state index contributed by atoms with van der Waals surface area (Å²) in [7, 11) is 0. The third kappa shape index (κ3) is 3.84. The molecule has 1 aliphatic rings. The predicted octanol–water partition coefficient (Wildman–Crippen LogP) is 4.39. The second-order valence-corrected chi connectivity index (χ2v) is 6.74. The van der Waals surface area contributed by atoms with Crippen molar-refractivity contribution in [1.82, 2.24) is 10.2 Å². The standard InChI is InChI=1S/C22H24N2O/c1-3-7-18(8-4-1)14-23-15-21-13-22(20-11-12-25-17-20)24(21)16-19-9-5-2-6-10-19/h1-12,17,21-23H,13-16H2/t21-,22+/m0/s1. The second-order valence-electron chi connectivity index (χ2n) is 6.74. The van der Waals surface area contributed by atoms with Crippen LogP contribution in [0.3, 0.4) is 0 Å². The van der Waals surface area contributed by atoms with Crippen LogP contribution in [-0.2, 0) is 13.1 Å². The number of benzene rings is 2. The predicted molar refractivity (Wildman–Crippen MR) is 100.0 cm³/mol. The first-order valence-electron chi connectivity index (χ1n) is 8.96. The van der Waals surface area contributed by atoms with E-state index >= 15 is 0 Å². The normalized spacial score (nSPS) is 20.3. The van der Waals surface area contributed by atoms with Crippen molar-refractivity contribution in [2.75, 3.05) is 6.54 Å². The molecule has 2 heterocycles. The molecule has 0 amide bonds. The summed E-state index contributed by atoms with van der Waals surface area (Å²) < 4.78 is 5.30. The fourth-order valence-corrected chi connectivity index (χ4v) is 3.65. The van der Waals surface area contributed by atoms with Crippen molar-refractivity contribution < 1.29 is 4.42 Å². The molecule has 1 aliphatic heterocycles. The Labute approximate surface area is 149 Å². The molecule has 3 heteroatoms. The Hall–Kier alpha value is -2.36. The molecule has 1 fully saturated rings. The monoisotopic (exact) mass is 332 g/mol. The average Bonchev–Trinajstić information content (AvgIpc) is 3.18. The summed E-state index contributed by atoms with van der Waals surface area (Å²) in [5, 5.41) is 3.62. The van der Waals surface area contributed by atoms with E-state index in [0.29, 0.717) is 12.1 Å². The minimum atomic E-state index is 0.461. The Bertz CT molecular complexity index is 755. The molecular weight excluding hydrogens is 308 g/mol. The molecule has 0 radical (unpaired) electrons. The molecule has 2 atom stereocenters. The van der Waals surface area contributed by atoms with Gasteiger partial charge in [0.1, 0.15) is 0 Å². The largest absolute Gasteiger partial charge is 0.472 e. The molecule has 128 valence electrons. The first kappa shape index (κ1) is 16.1. The van der Waals surface area contributed by atoms with Crippen LogP contribution in [0.15, 0.2) is 83.7 Å². The van der Waals surface area contributed by atoms with Crippen LogP contribution in [0.4, 0.5) is 0 Å². The first-order chi connectivity index (χ1) is 12.4. The third-order valence-electron chi connectivity index (χ3n) is 5.05. The lowest BCUT2D eigenvalue weighted by atomic mass is 9.87. The fraction of sp³-hybridized carbons (Fsp3) is 0.273. The van der Waals surface area contributed by atoms with E-state index in [1.807, 2.05) is 6.26 Å². The van der Waals surface area contributed by atoms with Gasteiger partial charge >= 0.3 is 0 Å². The molecule has 0 bridgehead atoms. The summed E-state index contributed by atoms with van der Waals surface area (Å²) in [5.74, 6) is 0. The van der Waals surface area contributed by atoms with Crippen molar-refractivity contribution in [2.24, 2.45) is 0 Å². The zero-order valence-electron chi connectivity index (χ0n) is 14.3. The van der Waals surface area contributed by atoms with E-state index in [1.54, 1.807) is 6.26 Å². The van der Waals surface area contributed by atoms with Crippen LogP contribution < -0.4 is 5.32 Å². The van der Waals surface area contributed by atoms with E-state index in [-0.39, 0.29) is 0 Å². The van der Waals surface area contributed by atoms with Crippen molar-refractivity contribution in [1.29, 1.82) is 0 Å². The molecule has 1 N–H and O–H groups in total. The molecule has 0 spiro atoms. The Kier molecular flexibility index (Phi) is 4.96. The lowest BCUT2D eigenvalue weighted by molar-refractivity contribution is 0.00526. The van der Waals surface area contributed by atoms with Gasteiger partial charge < -0.3 is 9.73 Å². The zero-order chi connectivity index (χ0) is 16.9. The molecule has 2 aromatic carbocycles. The van der Waals surface area contributed by atoms with Gasteiger partial charge in [0, 0.05) is 37.3 Å². The van der Waals surface area contributed by atoms with E-state index < -0.39 is 0 Å². The summed E-state index contributed by atoms with van der Waals surface area (Å²) in [6.07, 6.45) is 4.83. The summed E-state index contributed by atoms with van der Waals surface area (Å²) in [6.45, 7) is 2.91. The van der Waals surface area contributed by atoms with Crippen LogP contribution in [0, 0.1) is 0 Å². The van der Waals surface area contributed by atoms with Gasteiger partial charge in [-0.3, -0.25) is 4.90 Å². The molecule has 1 saturated heterocycles. The van der Waals surface area contributed by atoms with E-state index in [1.165, 1.54) is 23.1 Å². The molecule has 0 unspecified atom stereocenters. The number of likely N-dealkylation sites (tertiary alicyclic amines) is 1. The maximum absolute atomic E-state index is 5.30. The van der Waals surface area contributed by atoms with E-state index in [4.69, 9.17) is 4.42 Å². The molecule has 4 rings (SSSR count). The summed E-state index contributed by atoms with van der Waals surface area (Å²) in [5.41, 5.74) is 3.99. The Morgan fingerprint density at radius 3 is 2.32 bits per heavy atom. The molecule has 0 saturated carbocycles. The van der Waals surface area contributed by atoms with Crippen LogP contribution in [0.1, 0.15) is 29.2 Å². The number of hydrogen-bond donors (Lipinski definition) is 1. The number of hydrogen-bond acceptors (Lipinski definition) is 3. The summed E-state index contributed by atoms with van der Waals surface area (Å²) in [6, 6.07) is 24.4. The van der Waals surface area contributed by atoms with Crippen LogP contribution in [0.5, 0.6) is 0 Å². The highest BCUT2D eigenvalue weighted by Gasteiger charge is 2.39. The Morgan fingerprint density at radius 1 is 0.920 bits per heavy atom. The van der Waals surface area contributed by atoms with Gasteiger partial charge in [-0.1, -0.05) is 60.7 Å². The van der Waals surface area contributed by atoms with Gasteiger partial charge in [-0.2, -0.15) is 0 Å². The van der Waals surface area contributed by atoms with Crippen molar-refractivity contribution in [2.45, 2.75) is 31.6 Å². The van der Waals surface area contributed by atoms with E-state index in [9.17, 15) is 0 Å². The molecule has 3 aromatic rings. The maximum atomic E-state index is 5.30. The number of nitrogens with zero attached hydrogens (tertiary/aromatic N) is 1. The van der Waals surface area contributed by atoms with Gasteiger partial charge in [-0.15, -0.1) is 0 Å². The van der Waals surface area contributed by atoms with Gasteiger partial charge in [0.2, 0.25) is 0 Å². The molecule has 25 heavy (non-hydrogen) atoms. The number of furan rings is 1. The molecule has 1 aromatic heterocycles. The highest BCUT2D eigenvalue weighted by Crippen LogP contribution is 2.39. The average molecular weight is 332 g/mol. The Morgan fingerprint density at radius 2 is 1.64 bits per heavy atom. The third-order valence-corrected chi connectivity index (χ3v) is 5.05. The van der Waals surface area contributed by atoms with Crippen LogP contribution >= 0.6 is 0 Å². The minimum absolute atomic E-state index is 0.461. The van der Waals surface area contributed by atoms with Gasteiger partial charge in [0.15, 0.2) is 0 Å². The summed E-state index contributed by atoms with van der Waals surface area (Å²) in [4.78, 5) is 2.58. The zero-order valence-corrected chi connectivity index (χ0v) is 14.3. The van der Waals surface area contributed by atoms with Gasteiger partial charge in [0.25, 0.3) is 0 Å². The Balaban J connectivity index is 1.38. The van der Waals surface area contributed by atoms with Crippen LogP contribution in [0.25, 0.3) is 0 Å². The van der Waals surface area contributed by atoms with Crippen molar-refractivity contribution in [3.8, 4) is 0 Å². The quantitative estimate of drug-likeness (QED) is 0.696. The van der Waals surface area contributed by atoms with Gasteiger partial charge in [-0.05, 0) is 23.6 Å². The summed E-state index contributed by atoms with van der Waals surface area (Å²) >= 11 is 0. The highest BCUT2D eigenvalue weighted by molar-refractivity contribution is 5.21. The highest BCUT2D eigenvalue weighted by atomic mass is 16.3. The fourth-order valence-electron chi connectivity index (χ4n) is 3.65. The number of nitrogens with one attached hydrogen (secondary N) is 1. The molecular formula is C22H24N2O. The van der Waals surface area contributed by atoms with Crippen LogP contribution in [0.2, 0.25) is 0 Å². The van der Waals surface area contributed by atoms with Crippen LogP contribution in [-0.4, -0.2) is 17.5 Å². The smallest absolute Gasteiger partial charge is 0.0950 e. The minimum Gasteiger partial charge on any atom is -0.472 e. The van der Waals surface area contributed by atoms with Crippen molar-refractivity contribution >= 4 is 0 Å². The second kappa shape index (κ2) is 7.68. The van der Waals surface area contributed by atoms with E-state index in [2.05, 4.69) is 76.9 Å². The lowest BCUT2D eigenvalue weighted by Gasteiger charge is -2.49.